The molecule has 0 N–H and O–H groups in total. The molecule has 6 nitrogen and oxygen atoms in total. The fourth-order valence-electron chi connectivity index (χ4n) is 2.55. The number of hydrogen-bond acceptors (Lipinski definition) is 5. The Morgan fingerprint density at radius 3 is 2.64 bits per heavy atom. The molecule has 1 aliphatic heterocycles. The lowest BCUT2D eigenvalue weighted by Crippen LogP contribution is -2.27. The number of thioether (sulfide) groups is 1. The van der Waals surface area contributed by atoms with Crippen LogP contribution >= 0.6 is 11.8 Å². The van der Waals surface area contributed by atoms with Crippen LogP contribution in [0.1, 0.15) is 16.7 Å². The quantitative estimate of drug-likeness (QED) is 0.468. The van der Waals surface area contributed by atoms with Gasteiger partial charge in [-0.05, 0) is 36.4 Å². The van der Waals surface area contributed by atoms with Crippen molar-refractivity contribution >= 4 is 34.7 Å². The maximum absolute atomic E-state index is 12.5. The molecule has 126 valence electrons. The maximum Gasteiger partial charge on any atom is 0.293 e. The minimum atomic E-state index is -0.511. The zero-order valence-electron chi connectivity index (χ0n) is 13.3. The number of nitrogens with zero attached hydrogens (tertiary/aromatic N) is 2. The third-order valence-electron chi connectivity index (χ3n) is 3.72. The molecular formula is C18H14N2O4S. The Morgan fingerprint density at radius 2 is 1.92 bits per heavy atom. The van der Waals surface area contributed by atoms with E-state index in [9.17, 15) is 19.7 Å². The fraction of sp³-hybridized carbons (Fsp3) is 0.111. The van der Waals surface area contributed by atoms with Gasteiger partial charge in [-0.3, -0.25) is 24.6 Å². The molecule has 0 aliphatic carbocycles. The predicted molar refractivity (Wildman–Crippen MR) is 95.8 cm³/mol. The van der Waals surface area contributed by atoms with Crippen LogP contribution in [0.2, 0.25) is 0 Å². The summed E-state index contributed by atoms with van der Waals surface area (Å²) in [6, 6.07) is 13.7. The van der Waals surface area contributed by atoms with Crippen LogP contribution in [0.5, 0.6) is 0 Å². The number of rotatable bonds is 4. The number of carbonyl (C=O) groups is 2. The molecule has 25 heavy (non-hydrogen) atoms. The van der Waals surface area contributed by atoms with E-state index in [1.807, 2.05) is 31.2 Å². The fourth-order valence-corrected chi connectivity index (χ4v) is 3.38. The van der Waals surface area contributed by atoms with E-state index in [0.717, 1.165) is 27.8 Å². The molecular weight excluding hydrogens is 340 g/mol. The van der Waals surface area contributed by atoms with Crippen LogP contribution in [0.15, 0.2) is 53.4 Å². The predicted octanol–water partition coefficient (Wildman–Crippen LogP) is 4.14. The largest absolute Gasteiger partial charge is 0.293 e. The lowest BCUT2D eigenvalue weighted by Gasteiger charge is -2.12. The van der Waals surface area contributed by atoms with Crippen LogP contribution in [0, 0.1) is 17.0 Å². The molecule has 0 atom stereocenters. The summed E-state index contributed by atoms with van der Waals surface area (Å²) >= 11 is 0.796. The van der Waals surface area contributed by atoms with Gasteiger partial charge in [0.1, 0.15) is 0 Å². The Labute approximate surface area is 148 Å². The SMILES string of the molecule is Cc1cccc(CN2C(=O)S/C(=C\c3ccccc3[N+](=O)[O-])C2=O)c1. The lowest BCUT2D eigenvalue weighted by atomic mass is 10.1. The van der Waals surface area contributed by atoms with Crippen LogP contribution in [-0.2, 0) is 11.3 Å². The molecule has 1 fully saturated rings. The zero-order chi connectivity index (χ0) is 18.0. The van der Waals surface area contributed by atoms with E-state index in [1.54, 1.807) is 18.2 Å². The van der Waals surface area contributed by atoms with Crippen molar-refractivity contribution in [2.75, 3.05) is 0 Å². The van der Waals surface area contributed by atoms with Gasteiger partial charge in [0, 0.05) is 6.07 Å². The van der Waals surface area contributed by atoms with Crippen molar-refractivity contribution in [3.8, 4) is 0 Å². The van der Waals surface area contributed by atoms with Gasteiger partial charge in [0.15, 0.2) is 0 Å². The summed E-state index contributed by atoms with van der Waals surface area (Å²) in [4.78, 5) is 36.6. The number of para-hydroxylation sites is 1. The summed E-state index contributed by atoms with van der Waals surface area (Å²) in [7, 11) is 0. The van der Waals surface area contributed by atoms with Crippen molar-refractivity contribution in [1.29, 1.82) is 0 Å². The molecule has 0 bridgehead atoms. The number of carbonyl (C=O) groups excluding carboxylic acids is 2. The highest BCUT2D eigenvalue weighted by molar-refractivity contribution is 8.18. The van der Waals surface area contributed by atoms with Crippen LogP contribution < -0.4 is 0 Å². The molecule has 0 aromatic heterocycles. The first-order chi connectivity index (χ1) is 12.0. The Bertz CT molecular complexity index is 907. The first kappa shape index (κ1) is 16.9. The zero-order valence-corrected chi connectivity index (χ0v) is 14.2. The number of nitro groups is 1. The Hall–Kier alpha value is -2.93. The number of nitro benzene ring substituents is 1. The first-order valence-corrected chi connectivity index (χ1v) is 8.31. The van der Waals surface area contributed by atoms with E-state index in [-0.39, 0.29) is 22.4 Å². The summed E-state index contributed by atoms with van der Waals surface area (Å²) in [5.74, 6) is -0.436. The molecule has 3 rings (SSSR count). The second-order valence-electron chi connectivity index (χ2n) is 5.57. The van der Waals surface area contributed by atoms with Crippen molar-refractivity contribution in [3.63, 3.8) is 0 Å². The maximum atomic E-state index is 12.5. The molecule has 1 aliphatic rings. The molecule has 0 spiro atoms. The third kappa shape index (κ3) is 3.61. The van der Waals surface area contributed by atoms with Crippen molar-refractivity contribution in [3.05, 3.63) is 80.2 Å². The second kappa shape index (κ2) is 6.90. The van der Waals surface area contributed by atoms with E-state index >= 15 is 0 Å². The summed E-state index contributed by atoms with van der Waals surface area (Å²) in [5.41, 5.74) is 2.09. The summed E-state index contributed by atoms with van der Waals surface area (Å²) in [5, 5.41) is 10.7. The molecule has 2 aromatic carbocycles. The van der Waals surface area contributed by atoms with Crippen LogP contribution in [-0.4, -0.2) is 21.0 Å². The van der Waals surface area contributed by atoms with E-state index in [4.69, 9.17) is 0 Å². The van der Waals surface area contributed by atoms with E-state index in [1.165, 1.54) is 12.1 Å². The molecule has 1 saturated heterocycles. The van der Waals surface area contributed by atoms with E-state index < -0.39 is 10.8 Å². The number of hydrogen-bond donors (Lipinski definition) is 0. The van der Waals surface area contributed by atoms with Gasteiger partial charge < -0.3 is 0 Å². The van der Waals surface area contributed by atoms with Crippen LogP contribution in [0.25, 0.3) is 6.08 Å². The van der Waals surface area contributed by atoms with Gasteiger partial charge in [-0.2, -0.15) is 0 Å². The van der Waals surface area contributed by atoms with Crippen LogP contribution in [0.3, 0.4) is 0 Å². The van der Waals surface area contributed by atoms with E-state index in [0.29, 0.717) is 5.56 Å². The van der Waals surface area contributed by atoms with E-state index in [2.05, 4.69) is 0 Å². The van der Waals surface area contributed by atoms with Crippen molar-refractivity contribution < 1.29 is 14.5 Å². The first-order valence-electron chi connectivity index (χ1n) is 7.50. The molecule has 7 heteroatoms. The smallest absolute Gasteiger partial charge is 0.268 e. The van der Waals surface area contributed by atoms with Crippen molar-refractivity contribution in [2.24, 2.45) is 0 Å². The number of imide groups is 1. The highest BCUT2D eigenvalue weighted by Crippen LogP contribution is 2.34. The normalized spacial score (nSPS) is 15.9. The van der Waals surface area contributed by atoms with Gasteiger partial charge in [0.2, 0.25) is 0 Å². The monoisotopic (exact) mass is 354 g/mol. The van der Waals surface area contributed by atoms with Crippen LogP contribution in [0.4, 0.5) is 10.5 Å². The number of benzene rings is 2. The standard InChI is InChI=1S/C18H14N2O4S/c1-12-5-4-6-13(9-12)11-19-17(21)16(25-18(19)22)10-14-7-2-3-8-15(14)20(23)24/h2-10H,11H2,1H3/b16-10-. The molecule has 2 amide bonds. The van der Waals surface area contributed by atoms with Gasteiger partial charge in [0.05, 0.1) is 21.9 Å². The van der Waals surface area contributed by atoms with Gasteiger partial charge in [0.25, 0.3) is 16.8 Å². The van der Waals surface area contributed by atoms with Gasteiger partial charge in [-0.15, -0.1) is 0 Å². The minimum absolute atomic E-state index is 0.104. The summed E-state index contributed by atoms with van der Waals surface area (Å²) in [6.45, 7) is 2.12. The molecule has 1 heterocycles. The minimum Gasteiger partial charge on any atom is -0.268 e. The topological polar surface area (TPSA) is 80.5 Å². The lowest BCUT2D eigenvalue weighted by molar-refractivity contribution is -0.385. The Morgan fingerprint density at radius 1 is 1.16 bits per heavy atom. The number of aryl methyl sites for hydroxylation is 1. The van der Waals surface area contributed by atoms with Crippen molar-refractivity contribution in [1.82, 2.24) is 4.90 Å². The molecule has 0 radical (unpaired) electrons. The van der Waals surface area contributed by atoms with Crippen molar-refractivity contribution in [2.45, 2.75) is 13.5 Å². The molecule has 0 unspecified atom stereocenters. The second-order valence-corrected chi connectivity index (χ2v) is 6.57. The van der Waals surface area contributed by atoms with Gasteiger partial charge in [-0.25, -0.2) is 0 Å². The summed E-state index contributed by atoms with van der Waals surface area (Å²) < 4.78 is 0. The van der Waals surface area contributed by atoms with Gasteiger partial charge >= 0.3 is 0 Å². The average molecular weight is 354 g/mol. The Balaban J connectivity index is 1.88. The Kier molecular flexibility index (Phi) is 4.67. The number of amides is 2. The van der Waals surface area contributed by atoms with Gasteiger partial charge in [-0.1, -0.05) is 42.0 Å². The average Bonchev–Trinajstić information content (AvgIpc) is 2.83. The molecule has 0 saturated carbocycles. The third-order valence-corrected chi connectivity index (χ3v) is 4.62. The highest BCUT2D eigenvalue weighted by atomic mass is 32.2. The summed E-state index contributed by atoms with van der Waals surface area (Å²) in [6.07, 6.45) is 1.40. The molecule has 2 aromatic rings. The highest BCUT2D eigenvalue weighted by Gasteiger charge is 2.35.